The van der Waals surface area contributed by atoms with Gasteiger partial charge in [0.1, 0.15) is 17.8 Å². The molecule has 0 unspecified atom stereocenters. The third kappa shape index (κ3) is 8.10. The Morgan fingerprint density at radius 3 is 1.97 bits per heavy atom. The normalized spacial score (nSPS) is 28.4. The fourth-order valence-electron chi connectivity index (χ4n) is 4.49. The van der Waals surface area contributed by atoms with Crippen LogP contribution < -0.4 is 0 Å². The second-order valence-corrected chi connectivity index (χ2v) is 9.09. The van der Waals surface area contributed by atoms with Crippen LogP contribution in [0.4, 0.5) is 0 Å². The van der Waals surface area contributed by atoms with Crippen LogP contribution in [0.2, 0.25) is 0 Å². The molecule has 0 spiro atoms. The molecule has 2 saturated heterocycles. The number of hydrogen-bond donors (Lipinski definition) is 2. The number of ether oxygens (including phenoxy) is 3. The van der Waals surface area contributed by atoms with Gasteiger partial charge in [-0.05, 0) is 6.42 Å². The Hall–Kier alpha value is -0.690. The van der Waals surface area contributed by atoms with Gasteiger partial charge in [-0.2, -0.15) is 0 Å². The van der Waals surface area contributed by atoms with Crippen molar-refractivity contribution in [3.05, 3.63) is 0 Å². The maximum Gasteiger partial charge on any atom is 0.306 e. The highest BCUT2D eigenvalue weighted by Gasteiger charge is 2.55. The van der Waals surface area contributed by atoms with Crippen LogP contribution in [0.5, 0.6) is 0 Å². The van der Waals surface area contributed by atoms with Gasteiger partial charge in [0.2, 0.25) is 0 Å². The van der Waals surface area contributed by atoms with E-state index in [1.165, 1.54) is 64.2 Å². The van der Waals surface area contributed by atoms with Crippen molar-refractivity contribution in [3.63, 3.8) is 0 Å². The summed E-state index contributed by atoms with van der Waals surface area (Å²) in [5.41, 5.74) is -0.835. The lowest BCUT2D eigenvalue weighted by atomic mass is 9.85. The predicted octanol–water partition coefficient (Wildman–Crippen LogP) is 4.29. The molecule has 2 aliphatic heterocycles. The van der Waals surface area contributed by atoms with Crippen LogP contribution in [0.25, 0.3) is 0 Å². The number of aliphatic hydroxyl groups is 2. The summed E-state index contributed by atoms with van der Waals surface area (Å²) in [6.45, 7) is 2.71. The van der Waals surface area contributed by atoms with Crippen molar-refractivity contribution in [3.8, 4) is 0 Å². The summed E-state index contributed by atoms with van der Waals surface area (Å²) in [5, 5.41) is 19.8. The first kappa shape index (κ1) is 25.6. The number of esters is 1. The van der Waals surface area contributed by atoms with Crippen LogP contribution in [0.15, 0.2) is 0 Å². The van der Waals surface area contributed by atoms with E-state index in [9.17, 15) is 15.0 Å². The largest absolute Gasteiger partial charge is 0.457 e. The van der Waals surface area contributed by atoms with Crippen LogP contribution >= 0.6 is 0 Å². The average Bonchev–Trinajstić information content (AvgIpc) is 3.06. The first-order valence-electron chi connectivity index (χ1n) is 12.4. The Morgan fingerprint density at radius 1 is 0.967 bits per heavy atom. The zero-order chi connectivity index (χ0) is 21.7. The van der Waals surface area contributed by atoms with E-state index in [1.54, 1.807) is 0 Å². The number of aliphatic hydroxyl groups excluding tert-OH is 2. The van der Waals surface area contributed by atoms with Crippen LogP contribution in [0.3, 0.4) is 0 Å². The fraction of sp³-hybridized carbons (Fsp3) is 0.958. The Bertz CT molecular complexity index is 459. The third-order valence-electron chi connectivity index (χ3n) is 6.58. The molecule has 0 amide bonds. The molecular formula is C24H44O6. The van der Waals surface area contributed by atoms with E-state index >= 15 is 0 Å². The van der Waals surface area contributed by atoms with E-state index in [4.69, 9.17) is 14.2 Å². The molecule has 2 fully saturated rings. The molecule has 6 heteroatoms. The molecule has 30 heavy (non-hydrogen) atoms. The SMILES string of the molecule is CCCCCCCCCCCCCCCC(=O)O[C@@H]1[C@@H](O)CO[C@@H]1[C@]1(CO)CCO1. The Morgan fingerprint density at radius 2 is 1.50 bits per heavy atom. The van der Waals surface area contributed by atoms with Gasteiger partial charge in [0.15, 0.2) is 6.10 Å². The van der Waals surface area contributed by atoms with Gasteiger partial charge in [0.25, 0.3) is 0 Å². The molecule has 0 aromatic heterocycles. The van der Waals surface area contributed by atoms with Crippen molar-refractivity contribution in [1.82, 2.24) is 0 Å². The van der Waals surface area contributed by atoms with Crippen LogP contribution in [-0.2, 0) is 19.0 Å². The molecule has 0 aliphatic carbocycles. The molecular weight excluding hydrogens is 384 g/mol. The summed E-state index contributed by atoms with van der Waals surface area (Å²) in [4.78, 5) is 12.2. The zero-order valence-corrected chi connectivity index (χ0v) is 19.0. The van der Waals surface area contributed by atoms with Gasteiger partial charge < -0.3 is 24.4 Å². The topological polar surface area (TPSA) is 85.2 Å². The zero-order valence-electron chi connectivity index (χ0n) is 19.0. The number of hydrogen-bond acceptors (Lipinski definition) is 6. The molecule has 0 aromatic rings. The maximum atomic E-state index is 12.2. The van der Waals surface area contributed by atoms with Crippen molar-refractivity contribution in [2.75, 3.05) is 19.8 Å². The Kier molecular flexibility index (Phi) is 12.3. The van der Waals surface area contributed by atoms with E-state index in [0.29, 0.717) is 19.4 Å². The molecule has 0 radical (unpaired) electrons. The number of rotatable bonds is 17. The summed E-state index contributed by atoms with van der Waals surface area (Å²) in [5.74, 6) is -0.301. The molecule has 0 bridgehead atoms. The molecule has 6 nitrogen and oxygen atoms in total. The van der Waals surface area contributed by atoms with Gasteiger partial charge in [-0.15, -0.1) is 0 Å². The van der Waals surface area contributed by atoms with Crippen LogP contribution in [0, 0.1) is 0 Å². The minimum Gasteiger partial charge on any atom is -0.457 e. The predicted molar refractivity (Wildman–Crippen MR) is 116 cm³/mol. The lowest BCUT2D eigenvalue weighted by Gasteiger charge is -2.45. The average molecular weight is 429 g/mol. The van der Waals surface area contributed by atoms with Crippen molar-refractivity contribution in [1.29, 1.82) is 0 Å². The molecule has 176 valence electrons. The molecule has 0 saturated carbocycles. The van der Waals surface area contributed by atoms with Crippen molar-refractivity contribution in [2.24, 2.45) is 0 Å². The number of unbranched alkanes of at least 4 members (excludes halogenated alkanes) is 12. The minimum absolute atomic E-state index is 0.104. The lowest BCUT2D eigenvalue weighted by Crippen LogP contribution is -2.60. The first-order chi connectivity index (χ1) is 14.6. The Labute approximate surface area is 182 Å². The first-order valence-corrected chi connectivity index (χ1v) is 12.4. The molecule has 0 aromatic carbocycles. The second-order valence-electron chi connectivity index (χ2n) is 9.09. The number of carbonyl (C=O) groups is 1. The van der Waals surface area contributed by atoms with Crippen molar-refractivity contribution >= 4 is 5.97 Å². The standard InChI is InChI=1S/C24H44O6/c1-2-3-4-5-6-7-8-9-10-11-12-13-14-15-21(27)30-22-20(26)18-28-23(22)24(19-25)16-17-29-24/h20,22-23,25-26H,2-19H2,1H3/t20-,22+,23-,24+/m0/s1. The van der Waals surface area contributed by atoms with Gasteiger partial charge in [0, 0.05) is 12.8 Å². The fourth-order valence-corrected chi connectivity index (χ4v) is 4.49. The number of carbonyl (C=O) groups excluding carboxylic acids is 1. The summed E-state index contributed by atoms with van der Waals surface area (Å²) in [6.07, 6.45) is 15.2. The van der Waals surface area contributed by atoms with E-state index in [2.05, 4.69) is 6.92 Å². The monoisotopic (exact) mass is 428 g/mol. The highest BCUT2D eigenvalue weighted by atomic mass is 16.6. The minimum atomic E-state index is -0.863. The van der Waals surface area contributed by atoms with Gasteiger partial charge in [-0.1, -0.05) is 84.0 Å². The molecule has 4 atom stereocenters. The van der Waals surface area contributed by atoms with Gasteiger partial charge >= 0.3 is 5.97 Å². The molecule has 2 N–H and O–H groups in total. The maximum absolute atomic E-state index is 12.2. The summed E-state index contributed by atoms with van der Waals surface area (Å²) < 4.78 is 16.6. The smallest absolute Gasteiger partial charge is 0.306 e. The van der Waals surface area contributed by atoms with Crippen molar-refractivity contribution in [2.45, 2.75) is 127 Å². The second kappa shape index (κ2) is 14.4. The van der Waals surface area contributed by atoms with Gasteiger partial charge in [0.05, 0.1) is 19.8 Å². The van der Waals surface area contributed by atoms with Crippen LogP contribution in [0.1, 0.15) is 103 Å². The van der Waals surface area contributed by atoms with E-state index in [-0.39, 0.29) is 19.2 Å². The van der Waals surface area contributed by atoms with E-state index in [1.807, 2.05) is 0 Å². The lowest BCUT2D eigenvalue weighted by molar-refractivity contribution is -0.241. The van der Waals surface area contributed by atoms with Gasteiger partial charge in [-0.25, -0.2) is 0 Å². The highest BCUT2D eigenvalue weighted by Crippen LogP contribution is 2.38. The molecule has 2 heterocycles. The summed E-state index contributed by atoms with van der Waals surface area (Å²) >= 11 is 0. The molecule has 2 rings (SSSR count). The van der Waals surface area contributed by atoms with E-state index in [0.717, 1.165) is 19.3 Å². The quantitative estimate of drug-likeness (QED) is 0.265. The van der Waals surface area contributed by atoms with Gasteiger partial charge in [-0.3, -0.25) is 4.79 Å². The summed E-state index contributed by atoms with van der Waals surface area (Å²) in [6, 6.07) is 0. The third-order valence-corrected chi connectivity index (χ3v) is 6.58. The van der Waals surface area contributed by atoms with E-state index < -0.39 is 23.9 Å². The highest BCUT2D eigenvalue weighted by molar-refractivity contribution is 5.69. The molecule has 2 aliphatic rings. The summed E-state index contributed by atoms with van der Waals surface area (Å²) in [7, 11) is 0. The van der Waals surface area contributed by atoms with Crippen molar-refractivity contribution < 1.29 is 29.2 Å². The Balaban J connectivity index is 1.47. The van der Waals surface area contributed by atoms with Crippen LogP contribution in [-0.4, -0.2) is 59.9 Å².